The molecule has 0 saturated heterocycles. The lowest BCUT2D eigenvalue weighted by atomic mass is 10.1. The van der Waals surface area contributed by atoms with Crippen LogP contribution in [0.4, 0.5) is 10.1 Å². The molecule has 0 aliphatic carbocycles. The van der Waals surface area contributed by atoms with E-state index in [9.17, 15) is 12.8 Å². The van der Waals surface area contributed by atoms with Crippen LogP contribution in [-0.4, -0.2) is 18.0 Å². The lowest BCUT2D eigenvalue weighted by Crippen LogP contribution is -2.14. The molecule has 0 aliphatic rings. The third kappa shape index (κ3) is 4.46. The summed E-state index contributed by atoms with van der Waals surface area (Å²) in [4.78, 5) is 4.69. The zero-order valence-electron chi connectivity index (χ0n) is 17.5. The molecule has 7 heteroatoms. The van der Waals surface area contributed by atoms with Gasteiger partial charge in [-0.05, 0) is 67.8 Å². The number of aryl methyl sites for hydroxylation is 4. The van der Waals surface area contributed by atoms with Crippen LogP contribution in [-0.2, 0) is 29.4 Å². The summed E-state index contributed by atoms with van der Waals surface area (Å²) in [6.45, 7) is 4.58. The van der Waals surface area contributed by atoms with E-state index in [0.717, 1.165) is 47.9 Å². The summed E-state index contributed by atoms with van der Waals surface area (Å²) in [5.41, 5.74) is 4.03. The van der Waals surface area contributed by atoms with Gasteiger partial charge in [0.1, 0.15) is 11.6 Å². The fraction of sp³-hybridized carbons (Fsp3) is 0.208. The molecule has 3 aromatic carbocycles. The highest BCUT2D eigenvalue weighted by molar-refractivity contribution is 7.92. The summed E-state index contributed by atoms with van der Waals surface area (Å²) in [5, 5.41) is 0. The van der Waals surface area contributed by atoms with E-state index in [-0.39, 0.29) is 4.90 Å². The highest BCUT2D eigenvalue weighted by Crippen LogP contribution is 2.22. The molecule has 160 valence electrons. The van der Waals surface area contributed by atoms with Crippen molar-refractivity contribution in [2.75, 3.05) is 4.72 Å². The average Bonchev–Trinajstić information content (AvgIpc) is 3.11. The predicted molar refractivity (Wildman–Crippen MR) is 121 cm³/mol. The molecule has 1 aromatic heterocycles. The Labute approximate surface area is 181 Å². The van der Waals surface area contributed by atoms with E-state index in [1.807, 2.05) is 36.4 Å². The molecular formula is C24H24FN3O2S. The Balaban J connectivity index is 1.53. The molecule has 0 spiro atoms. The summed E-state index contributed by atoms with van der Waals surface area (Å²) in [7, 11) is -3.88. The topological polar surface area (TPSA) is 64.0 Å². The molecule has 5 nitrogen and oxygen atoms in total. The van der Waals surface area contributed by atoms with Crippen LogP contribution < -0.4 is 4.72 Å². The second-order valence-electron chi connectivity index (χ2n) is 7.48. The summed E-state index contributed by atoms with van der Waals surface area (Å²) < 4.78 is 43.9. The van der Waals surface area contributed by atoms with Crippen molar-refractivity contribution in [1.29, 1.82) is 0 Å². The number of rotatable bonds is 7. The van der Waals surface area contributed by atoms with E-state index in [1.165, 1.54) is 12.1 Å². The fourth-order valence-electron chi connectivity index (χ4n) is 3.79. The van der Waals surface area contributed by atoms with Crippen LogP contribution >= 0.6 is 0 Å². The second kappa shape index (κ2) is 8.51. The van der Waals surface area contributed by atoms with Crippen molar-refractivity contribution in [3.63, 3.8) is 0 Å². The number of nitrogens with zero attached hydrogens (tertiary/aromatic N) is 2. The Morgan fingerprint density at radius 2 is 1.81 bits per heavy atom. The summed E-state index contributed by atoms with van der Waals surface area (Å²) in [6, 6.07) is 19.1. The molecule has 1 N–H and O–H groups in total. The van der Waals surface area contributed by atoms with Gasteiger partial charge in [-0.3, -0.25) is 4.72 Å². The molecule has 4 aromatic rings. The molecule has 31 heavy (non-hydrogen) atoms. The number of sulfonamides is 1. The van der Waals surface area contributed by atoms with Crippen LogP contribution in [0.15, 0.2) is 71.6 Å². The lowest BCUT2D eigenvalue weighted by molar-refractivity contribution is 0.594. The van der Waals surface area contributed by atoms with E-state index in [2.05, 4.69) is 22.3 Å². The summed E-state index contributed by atoms with van der Waals surface area (Å²) >= 11 is 0. The van der Waals surface area contributed by atoms with E-state index >= 15 is 0 Å². The van der Waals surface area contributed by atoms with Gasteiger partial charge < -0.3 is 4.57 Å². The number of hydrogen-bond acceptors (Lipinski definition) is 3. The van der Waals surface area contributed by atoms with Crippen LogP contribution in [0.2, 0.25) is 0 Å². The molecule has 0 bridgehead atoms. The van der Waals surface area contributed by atoms with Crippen LogP contribution in [0.25, 0.3) is 11.0 Å². The van der Waals surface area contributed by atoms with Crippen molar-refractivity contribution < 1.29 is 12.8 Å². The second-order valence-corrected chi connectivity index (χ2v) is 9.13. The Morgan fingerprint density at radius 1 is 1.00 bits per heavy atom. The summed E-state index contributed by atoms with van der Waals surface area (Å²) in [5.74, 6) is 0.420. The third-order valence-electron chi connectivity index (χ3n) is 5.31. The van der Waals surface area contributed by atoms with Gasteiger partial charge in [-0.1, -0.05) is 30.3 Å². The number of aromatic nitrogens is 2. The average molecular weight is 438 g/mol. The first-order chi connectivity index (χ1) is 14.9. The van der Waals surface area contributed by atoms with Gasteiger partial charge in [0.15, 0.2) is 0 Å². The Hall–Kier alpha value is -3.19. The largest absolute Gasteiger partial charge is 0.328 e. The van der Waals surface area contributed by atoms with E-state index in [4.69, 9.17) is 4.98 Å². The highest BCUT2D eigenvalue weighted by atomic mass is 32.2. The highest BCUT2D eigenvalue weighted by Gasteiger charge is 2.18. The molecule has 0 unspecified atom stereocenters. The predicted octanol–water partition coefficient (Wildman–Crippen LogP) is 5.09. The quantitative estimate of drug-likeness (QED) is 0.438. The smallest absolute Gasteiger partial charge is 0.262 e. The van der Waals surface area contributed by atoms with Gasteiger partial charge in [-0.25, -0.2) is 17.8 Å². The van der Waals surface area contributed by atoms with Crippen molar-refractivity contribution in [2.45, 2.75) is 38.1 Å². The number of halogens is 1. The zero-order valence-corrected chi connectivity index (χ0v) is 18.3. The van der Waals surface area contributed by atoms with Crippen molar-refractivity contribution >= 4 is 26.7 Å². The molecule has 0 aliphatic heterocycles. The number of nitrogens with one attached hydrogen (secondary N) is 1. The number of fused-ring (bicyclic) bond motifs is 1. The number of anilines is 1. The van der Waals surface area contributed by atoms with Gasteiger partial charge in [0.2, 0.25) is 0 Å². The van der Waals surface area contributed by atoms with E-state index in [1.54, 1.807) is 13.0 Å². The monoisotopic (exact) mass is 437 g/mol. The van der Waals surface area contributed by atoms with Gasteiger partial charge in [-0.2, -0.15) is 0 Å². The Bertz CT molecular complexity index is 1350. The maximum Gasteiger partial charge on any atom is 0.262 e. The molecule has 0 saturated carbocycles. The maximum atomic E-state index is 13.6. The Morgan fingerprint density at radius 3 is 2.61 bits per heavy atom. The van der Waals surface area contributed by atoms with Gasteiger partial charge in [0.25, 0.3) is 10.0 Å². The van der Waals surface area contributed by atoms with Crippen LogP contribution in [0, 0.1) is 12.7 Å². The van der Waals surface area contributed by atoms with E-state index in [0.29, 0.717) is 11.3 Å². The minimum Gasteiger partial charge on any atom is -0.328 e. The molecule has 4 rings (SSSR count). The van der Waals surface area contributed by atoms with Gasteiger partial charge >= 0.3 is 0 Å². The first kappa shape index (κ1) is 21.1. The third-order valence-corrected chi connectivity index (χ3v) is 6.83. The van der Waals surface area contributed by atoms with Crippen molar-refractivity contribution in [3.05, 3.63) is 89.5 Å². The SMILES string of the molecule is CCn1c(CCc2cccc(NS(=O)(=O)c3cc(F)ccc3C)c2)nc2ccccc21. The molecule has 0 atom stereocenters. The summed E-state index contributed by atoms with van der Waals surface area (Å²) in [6.07, 6.45) is 1.46. The lowest BCUT2D eigenvalue weighted by Gasteiger charge is -2.12. The van der Waals surface area contributed by atoms with Crippen LogP contribution in [0.1, 0.15) is 23.9 Å². The first-order valence-electron chi connectivity index (χ1n) is 10.2. The van der Waals surface area contributed by atoms with Gasteiger partial charge in [-0.15, -0.1) is 0 Å². The fourth-order valence-corrected chi connectivity index (χ4v) is 5.10. The standard InChI is InChI=1S/C24H24FN3O2S/c1-3-28-22-10-5-4-9-21(22)26-24(28)14-12-18-7-6-8-20(15-18)27-31(29,30)23-16-19(25)13-11-17(23)2/h4-11,13,15-16,27H,3,12,14H2,1-2H3. The number of imidazole rings is 1. The number of para-hydroxylation sites is 2. The molecule has 1 heterocycles. The molecular weight excluding hydrogens is 413 g/mol. The maximum absolute atomic E-state index is 13.6. The van der Waals surface area contributed by atoms with E-state index < -0.39 is 15.8 Å². The first-order valence-corrected chi connectivity index (χ1v) is 11.7. The number of benzene rings is 3. The number of hydrogen-bond donors (Lipinski definition) is 1. The van der Waals surface area contributed by atoms with Crippen LogP contribution in [0.3, 0.4) is 0 Å². The minimum absolute atomic E-state index is 0.0606. The normalized spacial score (nSPS) is 11.7. The van der Waals surface area contributed by atoms with Crippen molar-refractivity contribution in [3.8, 4) is 0 Å². The zero-order chi connectivity index (χ0) is 22.0. The molecule has 0 radical (unpaired) electrons. The van der Waals surface area contributed by atoms with Crippen molar-refractivity contribution in [1.82, 2.24) is 9.55 Å². The van der Waals surface area contributed by atoms with Gasteiger partial charge in [0.05, 0.1) is 15.9 Å². The molecule has 0 fully saturated rings. The Kier molecular flexibility index (Phi) is 5.78. The van der Waals surface area contributed by atoms with Gasteiger partial charge in [0, 0.05) is 18.7 Å². The minimum atomic E-state index is -3.88. The molecule has 0 amide bonds. The van der Waals surface area contributed by atoms with Crippen molar-refractivity contribution in [2.24, 2.45) is 0 Å². The van der Waals surface area contributed by atoms with Crippen LogP contribution in [0.5, 0.6) is 0 Å².